The molecule has 0 saturated carbocycles. The number of ketones is 1. The second kappa shape index (κ2) is 9.05. The molecule has 1 unspecified atom stereocenters. The number of rotatable bonds is 6. The van der Waals surface area contributed by atoms with Crippen LogP contribution in [0.2, 0.25) is 5.02 Å². The summed E-state index contributed by atoms with van der Waals surface area (Å²) in [7, 11) is -3.85. The molecule has 1 fully saturated rings. The van der Waals surface area contributed by atoms with E-state index in [1.807, 2.05) is 25.1 Å². The monoisotopic (exact) mass is 474 g/mol. The van der Waals surface area contributed by atoms with Crippen molar-refractivity contribution in [3.8, 4) is 0 Å². The number of ether oxygens (including phenoxy) is 1. The average Bonchev–Trinajstić information content (AvgIpc) is 3.22. The van der Waals surface area contributed by atoms with E-state index in [-0.39, 0.29) is 27.2 Å². The van der Waals surface area contributed by atoms with E-state index in [4.69, 9.17) is 16.3 Å². The van der Waals surface area contributed by atoms with Gasteiger partial charge < -0.3 is 9.72 Å². The van der Waals surface area contributed by atoms with Gasteiger partial charge >= 0.3 is 5.97 Å². The number of carbonyl (C=O) groups is 2. The fourth-order valence-electron chi connectivity index (χ4n) is 3.93. The average molecular weight is 475 g/mol. The molecule has 1 saturated heterocycles. The second-order valence-corrected chi connectivity index (χ2v) is 10.3. The van der Waals surface area contributed by atoms with E-state index in [0.29, 0.717) is 18.7 Å². The van der Waals surface area contributed by atoms with Crippen molar-refractivity contribution in [3.63, 3.8) is 0 Å². The normalized spacial score (nSPS) is 17.4. The van der Waals surface area contributed by atoms with Crippen LogP contribution in [0.15, 0.2) is 53.6 Å². The van der Waals surface area contributed by atoms with Gasteiger partial charge in [0.25, 0.3) is 0 Å². The summed E-state index contributed by atoms with van der Waals surface area (Å²) < 4.78 is 32.8. The lowest BCUT2D eigenvalue weighted by Gasteiger charge is -2.30. The third kappa shape index (κ3) is 4.44. The number of hydrogen-bond acceptors (Lipinski definition) is 5. The van der Waals surface area contributed by atoms with Gasteiger partial charge in [0.2, 0.25) is 15.8 Å². The number of aromatic nitrogens is 1. The van der Waals surface area contributed by atoms with Crippen LogP contribution in [0.1, 0.15) is 40.5 Å². The molecular formula is C23H23ClN2O5S. The fraction of sp³-hybridized carbons (Fsp3) is 0.304. The third-order valence-electron chi connectivity index (χ3n) is 5.63. The molecule has 1 aliphatic heterocycles. The highest BCUT2D eigenvalue weighted by Crippen LogP contribution is 2.29. The lowest BCUT2D eigenvalue weighted by atomic mass is 10.0. The van der Waals surface area contributed by atoms with Crippen LogP contribution in [-0.4, -0.2) is 49.2 Å². The van der Waals surface area contributed by atoms with Gasteiger partial charge in [-0.25, -0.2) is 13.2 Å². The molecule has 168 valence electrons. The van der Waals surface area contributed by atoms with Crippen molar-refractivity contribution in [1.82, 2.24) is 9.29 Å². The van der Waals surface area contributed by atoms with Gasteiger partial charge in [-0.1, -0.05) is 36.7 Å². The van der Waals surface area contributed by atoms with Crippen molar-refractivity contribution in [3.05, 3.63) is 64.8 Å². The highest BCUT2D eigenvalue weighted by atomic mass is 35.5. The number of halogens is 1. The molecule has 1 N–H and O–H groups in total. The minimum Gasteiger partial charge on any atom is -0.454 e. The molecule has 0 spiro atoms. The molecule has 2 aromatic carbocycles. The highest BCUT2D eigenvalue weighted by Gasteiger charge is 2.31. The highest BCUT2D eigenvalue weighted by molar-refractivity contribution is 7.89. The molecule has 2 heterocycles. The largest absolute Gasteiger partial charge is 0.454 e. The SMILES string of the molecule is CC1CCCN(S(=O)(=O)c2cc(C(=O)OCC(=O)c3c[nH]c4ccccc34)ccc2Cl)C1. The number of Topliss-reactive ketones (excluding diaryl/α,β-unsaturated/α-hetero) is 1. The Morgan fingerprint density at radius 3 is 2.78 bits per heavy atom. The molecule has 0 amide bonds. The van der Waals surface area contributed by atoms with Crippen LogP contribution in [0, 0.1) is 5.92 Å². The van der Waals surface area contributed by atoms with E-state index >= 15 is 0 Å². The van der Waals surface area contributed by atoms with Gasteiger partial charge in [0, 0.05) is 35.8 Å². The Balaban J connectivity index is 1.50. The number of sulfonamides is 1. The molecule has 1 atom stereocenters. The van der Waals surface area contributed by atoms with Crippen LogP contribution in [-0.2, 0) is 14.8 Å². The Labute approximate surface area is 191 Å². The summed E-state index contributed by atoms with van der Waals surface area (Å²) in [5, 5.41) is 0.777. The predicted octanol–water partition coefficient (Wildman–Crippen LogP) is 4.28. The van der Waals surface area contributed by atoms with Crippen LogP contribution >= 0.6 is 11.6 Å². The minimum atomic E-state index is -3.85. The first-order valence-corrected chi connectivity index (χ1v) is 12.2. The number of carbonyl (C=O) groups excluding carboxylic acids is 2. The quantitative estimate of drug-likeness (QED) is 0.425. The molecular weight excluding hydrogens is 452 g/mol. The van der Waals surface area contributed by atoms with E-state index in [1.165, 1.54) is 22.5 Å². The Kier molecular flexibility index (Phi) is 6.37. The second-order valence-electron chi connectivity index (χ2n) is 8.00. The zero-order valence-corrected chi connectivity index (χ0v) is 19.1. The fourth-order valence-corrected chi connectivity index (χ4v) is 6.02. The van der Waals surface area contributed by atoms with Crippen molar-refractivity contribution < 1.29 is 22.7 Å². The smallest absolute Gasteiger partial charge is 0.338 e. The molecule has 0 bridgehead atoms. The van der Waals surface area contributed by atoms with E-state index in [2.05, 4.69) is 4.98 Å². The zero-order valence-electron chi connectivity index (χ0n) is 17.5. The van der Waals surface area contributed by atoms with E-state index in [1.54, 1.807) is 12.3 Å². The van der Waals surface area contributed by atoms with Gasteiger partial charge in [0.05, 0.1) is 10.6 Å². The van der Waals surface area contributed by atoms with Crippen molar-refractivity contribution in [2.24, 2.45) is 5.92 Å². The zero-order chi connectivity index (χ0) is 22.9. The summed E-state index contributed by atoms with van der Waals surface area (Å²) in [5.74, 6) is -0.904. The molecule has 3 aromatic rings. The van der Waals surface area contributed by atoms with E-state index < -0.39 is 22.6 Å². The van der Waals surface area contributed by atoms with Gasteiger partial charge in [0.1, 0.15) is 4.90 Å². The summed E-state index contributed by atoms with van der Waals surface area (Å²) in [6.45, 7) is 2.36. The number of piperidine rings is 1. The number of H-pyrrole nitrogens is 1. The molecule has 7 nitrogen and oxygen atoms in total. The molecule has 0 radical (unpaired) electrons. The number of nitrogens with zero attached hydrogens (tertiary/aromatic N) is 1. The van der Waals surface area contributed by atoms with Gasteiger partial charge in [0.15, 0.2) is 6.61 Å². The number of esters is 1. The summed E-state index contributed by atoms with van der Waals surface area (Å²) >= 11 is 6.18. The van der Waals surface area contributed by atoms with E-state index in [0.717, 1.165) is 23.7 Å². The molecule has 4 rings (SSSR count). The van der Waals surface area contributed by atoms with Crippen molar-refractivity contribution in [2.45, 2.75) is 24.7 Å². The minimum absolute atomic E-state index is 0.0183. The summed E-state index contributed by atoms with van der Waals surface area (Å²) in [5.41, 5.74) is 1.25. The first-order chi connectivity index (χ1) is 15.3. The van der Waals surface area contributed by atoms with E-state index in [9.17, 15) is 18.0 Å². The summed E-state index contributed by atoms with van der Waals surface area (Å²) in [6.07, 6.45) is 3.32. The van der Waals surface area contributed by atoms with Crippen LogP contribution in [0.5, 0.6) is 0 Å². The van der Waals surface area contributed by atoms with Gasteiger partial charge in [-0.15, -0.1) is 0 Å². The molecule has 0 aliphatic carbocycles. The van der Waals surface area contributed by atoms with Gasteiger partial charge in [-0.05, 0) is 43.0 Å². The number of nitrogens with one attached hydrogen (secondary N) is 1. The number of para-hydroxylation sites is 1. The summed E-state index contributed by atoms with van der Waals surface area (Å²) in [6, 6.07) is 11.3. The lowest BCUT2D eigenvalue weighted by molar-refractivity contribution is 0.0475. The number of hydrogen-bond donors (Lipinski definition) is 1. The predicted molar refractivity (Wildman–Crippen MR) is 122 cm³/mol. The van der Waals surface area contributed by atoms with Crippen LogP contribution in [0.3, 0.4) is 0 Å². The molecule has 32 heavy (non-hydrogen) atoms. The van der Waals surface area contributed by atoms with Crippen molar-refractivity contribution >= 4 is 44.3 Å². The lowest BCUT2D eigenvalue weighted by Crippen LogP contribution is -2.39. The number of fused-ring (bicyclic) bond motifs is 1. The molecule has 1 aromatic heterocycles. The number of benzene rings is 2. The first kappa shape index (κ1) is 22.5. The van der Waals surface area contributed by atoms with Crippen LogP contribution in [0.4, 0.5) is 0 Å². The van der Waals surface area contributed by atoms with Crippen LogP contribution in [0.25, 0.3) is 10.9 Å². The maximum Gasteiger partial charge on any atom is 0.338 e. The molecule has 1 aliphatic rings. The Bertz CT molecular complexity index is 1280. The maximum atomic E-state index is 13.1. The number of aromatic amines is 1. The Morgan fingerprint density at radius 1 is 1.22 bits per heavy atom. The topological polar surface area (TPSA) is 96.5 Å². The summed E-state index contributed by atoms with van der Waals surface area (Å²) in [4.78, 5) is 28.0. The molecule has 9 heteroatoms. The standard InChI is InChI=1S/C23H23ClN2O5S/c1-15-5-4-10-26(13-15)32(29,30)22-11-16(8-9-19(22)24)23(28)31-14-21(27)18-12-25-20-7-3-2-6-17(18)20/h2-3,6-9,11-12,15,25H,4-5,10,13-14H2,1H3. The first-order valence-electron chi connectivity index (χ1n) is 10.3. The van der Waals surface area contributed by atoms with Crippen molar-refractivity contribution in [1.29, 1.82) is 0 Å². The maximum absolute atomic E-state index is 13.1. The van der Waals surface area contributed by atoms with Gasteiger partial charge in [-0.3, -0.25) is 4.79 Å². The Hall–Kier alpha value is -2.68. The Morgan fingerprint density at radius 2 is 2.00 bits per heavy atom. The van der Waals surface area contributed by atoms with Crippen LogP contribution < -0.4 is 0 Å². The van der Waals surface area contributed by atoms with Gasteiger partial charge in [-0.2, -0.15) is 4.31 Å². The third-order valence-corrected chi connectivity index (χ3v) is 7.98. The van der Waals surface area contributed by atoms with Crippen molar-refractivity contribution in [2.75, 3.05) is 19.7 Å².